The van der Waals surface area contributed by atoms with Crippen molar-refractivity contribution in [3.63, 3.8) is 0 Å². The van der Waals surface area contributed by atoms with Gasteiger partial charge >= 0.3 is 0 Å². The third-order valence-corrected chi connectivity index (χ3v) is 4.07. The van der Waals surface area contributed by atoms with Crippen LogP contribution in [0.3, 0.4) is 0 Å². The first kappa shape index (κ1) is 16.9. The van der Waals surface area contributed by atoms with Crippen molar-refractivity contribution >= 4 is 5.91 Å². The number of hydrogen-bond acceptors (Lipinski definition) is 2. The number of nitrogens with zero attached hydrogens (tertiary/aromatic N) is 3. The van der Waals surface area contributed by atoms with Gasteiger partial charge in [-0.1, -0.05) is 36.4 Å². The van der Waals surface area contributed by atoms with E-state index in [-0.39, 0.29) is 18.1 Å². The summed E-state index contributed by atoms with van der Waals surface area (Å²) in [5, 5.41) is 4.33. The fourth-order valence-electron chi connectivity index (χ4n) is 2.66. The van der Waals surface area contributed by atoms with Crippen molar-refractivity contribution in [2.75, 3.05) is 7.05 Å². The Morgan fingerprint density at radius 3 is 2.60 bits per heavy atom. The van der Waals surface area contributed by atoms with E-state index in [1.165, 1.54) is 6.07 Å². The topological polar surface area (TPSA) is 38.1 Å². The van der Waals surface area contributed by atoms with Crippen molar-refractivity contribution in [2.45, 2.75) is 19.4 Å². The summed E-state index contributed by atoms with van der Waals surface area (Å²) in [6.45, 7) is 0.475. The second-order valence-corrected chi connectivity index (χ2v) is 5.97. The molecular weight excluding hydrogens is 317 g/mol. The number of aryl methyl sites for hydroxylation is 1. The van der Waals surface area contributed by atoms with Crippen LogP contribution in [0.15, 0.2) is 67.0 Å². The lowest BCUT2D eigenvalue weighted by atomic mass is 10.1. The van der Waals surface area contributed by atoms with Gasteiger partial charge in [0.25, 0.3) is 0 Å². The predicted octanol–water partition coefficient (Wildman–Crippen LogP) is 3.60. The number of halogens is 1. The lowest BCUT2D eigenvalue weighted by Crippen LogP contribution is -2.26. The summed E-state index contributed by atoms with van der Waals surface area (Å²) < 4.78 is 15.4. The molecule has 0 radical (unpaired) electrons. The molecule has 3 rings (SSSR count). The molecular formula is C20H20FN3O. The van der Waals surface area contributed by atoms with E-state index in [1.54, 1.807) is 41.0 Å². The van der Waals surface area contributed by atoms with E-state index in [0.717, 1.165) is 11.3 Å². The van der Waals surface area contributed by atoms with Crippen LogP contribution in [0.5, 0.6) is 0 Å². The van der Waals surface area contributed by atoms with Gasteiger partial charge in [-0.05, 0) is 30.2 Å². The number of aromatic nitrogens is 2. The molecule has 3 aromatic rings. The predicted molar refractivity (Wildman–Crippen MR) is 94.8 cm³/mol. The Balaban J connectivity index is 1.57. The average molecular weight is 337 g/mol. The van der Waals surface area contributed by atoms with Crippen molar-refractivity contribution in [3.8, 4) is 5.69 Å². The van der Waals surface area contributed by atoms with Gasteiger partial charge in [-0.3, -0.25) is 4.79 Å². The summed E-state index contributed by atoms with van der Waals surface area (Å²) in [5.74, 6) is -0.280. The fourth-order valence-corrected chi connectivity index (χ4v) is 2.66. The van der Waals surface area contributed by atoms with Gasteiger partial charge in [-0.2, -0.15) is 5.10 Å². The zero-order valence-electron chi connectivity index (χ0n) is 14.1. The number of para-hydroxylation sites is 1. The first-order chi connectivity index (χ1) is 12.1. The summed E-state index contributed by atoms with van der Waals surface area (Å²) >= 11 is 0. The molecule has 5 heteroatoms. The van der Waals surface area contributed by atoms with E-state index < -0.39 is 0 Å². The lowest BCUT2D eigenvalue weighted by molar-refractivity contribution is -0.130. The highest BCUT2D eigenvalue weighted by molar-refractivity contribution is 5.76. The Kier molecular flexibility index (Phi) is 5.23. The van der Waals surface area contributed by atoms with Gasteiger partial charge in [0.2, 0.25) is 5.91 Å². The Bertz CT molecular complexity index is 845. The summed E-state index contributed by atoms with van der Waals surface area (Å²) in [7, 11) is 1.75. The van der Waals surface area contributed by atoms with Gasteiger partial charge in [-0.25, -0.2) is 9.07 Å². The minimum atomic E-state index is -0.262. The first-order valence-corrected chi connectivity index (χ1v) is 8.20. The number of rotatable bonds is 6. The lowest BCUT2D eigenvalue weighted by Gasteiger charge is -2.16. The number of benzene rings is 2. The minimum absolute atomic E-state index is 0.0179. The largest absolute Gasteiger partial charge is 0.341 e. The molecule has 0 unspecified atom stereocenters. The van der Waals surface area contributed by atoms with Crippen molar-refractivity contribution in [1.29, 1.82) is 0 Å². The molecule has 2 aromatic carbocycles. The molecule has 0 saturated heterocycles. The van der Waals surface area contributed by atoms with Crippen molar-refractivity contribution in [2.24, 2.45) is 0 Å². The highest BCUT2D eigenvalue weighted by atomic mass is 19.1. The molecule has 1 amide bonds. The van der Waals surface area contributed by atoms with Crippen molar-refractivity contribution < 1.29 is 9.18 Å². The van der Waals surface area contributed by atoms with Crippen LogP contribution in [0.25, 0.3) is 5.69 Å². The van der Waals surface area contributed by atoms with Crippen LogP contribution in [-0.2, 0) is 17.8 Å². The van der Waals surface area contributed by atoms with Gasteiger partial charge in [-0.15, -0.1) is 0 Å². The summed E-state index contributed by atoms with van der Waals surface area (Å²) in [6.07, 6.45) is 4.35. The molecule has 1 aromatic heterocycles. The fraction of sp³-hybridized carbons (Fsp3) is 0.200. The molecule has 0 bridgehead atoms. The molecule has 1 heterocycles. The van der Waals surface area contributed by atoms with Gasteiger partial charge in [0, 0.05) is 31.8 Å². The molecule has 0 fully saturated rings. The second kappa shape index (κ2) is 7.75. The van der Waals surface area contributed by atoms with Crippen molar-refractivity contribution in [1.82, 2.24) is 14.7 Å². The number of amides is 1. The molecule has 0 atom stereocenters. The molecule has 0 saturated carbocycles. The van der Waals surface area contributed by atoms with E-state index in [4.69, 9.17) is 0 Å². The third-order valence-electron chi connectivity index (χ3n) is 4.07. The molecule has 0 N–H and O–H groups in total. The van der Waals surface area contributed by atoms with Gasteiger partial charge in [0.05, 0.1) is 11.9 Å². The van der Waals surface area contributed by atoms with Crippen LogP contribution >= 0.6 is 0 Å². The zero-order valence-corrected chi connectivity index (χ0v) is 14.1. The summed E-state index contributed by atoms with van der Waals surface area (Å²) in [6, 6.07) is 16.4. The third kappa shape index (κ3) is 4.32. The van der Waals surface area contributed by atoms with Crippen LogP contribution in [-0.4, -0.2) is 27.6 Å². The Hall–Kier alpha value is -2.95. The minimum Gasteiger partial charge on any atom is -0.341 e. The maximum atomic E-state index is 13.6. The number of carbonyl (C=O) groups is 1. The van der Waals surface area contributed by atoms with Crippen molar-refractivity contribution in [3.05, 3.63) is 83.9 Å². The Morgan fingerprint density at radius 1 is 1.12 bits per heavy atom. The van der Waals surface area contributed by atoms with Gasteiger partial charge in [0.1, 0.15) is 5.82 Å². The molecule has 0 aliphatic heterocycles. The highest BCUT2D eigenvalue weighted by Gasteiger charge is 2.12. The number of carbonyl (C=O) groups excluding carboxylic acids is 1. The Labute approximate surface area is 146 Å². The quantitative estimate of drug-likeness (QED) is 0.689. The van der Waals surface area contributed by atoms with Crippen LogP contribution in [0, 0.1) is 5.82 Å². The van der Waals surface area contributed by atoms with E-state index in [9.17, 15) is 9.18 Å². The van der Waals surface area contributed by atoms with Crippen LogP contribution in [0.4, 0.5) is 4.39 Å². The highest BCUT2D eigenvalue weighted by Crippen LogP contribution is 2.12. The van der Waals surface area contributed by atoms with Crippen LogP contribution < -0.4 is 0 Å². The summed E-state index contributed by atoms with van der Waals surface area (Å²) in [4.78, 5) is 13.9. The zero-order chi connectivity index (χ0) is 17.6. The van der Waals surface area contributed by atoms with E-state index >= 15 is 0 Å². The second-order valence-electron chi connectivity index (χ2n) is 5.97. The number of hydrogen-bond donors (Lipinski definition) is 0. The smallest absolute Gasteiger partial charge is 0.222 e. The molecule has 0 spiro atoms. The van der Waals surface area contributed by atoms with Crippen LogP contribution in [0.1, 0.15) is 17.5 Å². The monoisotopic (exact) mass is 337 g/mol. The molecule has 25 heavy (non-hydrogen) atoms. The standard InChI is InChI=1S/C20H20FN3O/c1-23(20(25)12-11-17-7-5-6-10-19(17)21)14-16-13-22-24(15-16)18-8-3-2-4-9-18/h2-10,13,15H,11-12,14H2,1H3. The maximum absolute atomic E-state index is 13.6. The molecule has 128 valence electrons. The first-order valence-electron chi connectivity index (χ1n) is 8.20. The van der Waals surface area contributed by atoms with E-state index in [0.29, 0.717) is 18.5 Å². The SMILES string of the molecule is CN(Cc1cnn(-c2ccccc2)c1)C(=O)CCc1ccccc1F. The van der Waals surface area contributed by atoms with E-state index in [1.807, 2.05) is 36.5 Å². The molecule has 4 nitrogen and oxygen atoms in total. The normalized spacial score (nSPS) is 10.6. The Morgan fingerprint density at radius 2 is 1.84 bits per heavy atom. The summed E-state index contributed by atoms with van der Waals surface area (Å²) in [5.41, 5.74) is 2.49. The average Bonchev–Trinajstić information content (AvgIpc) is 3.10. The van der Waals surface area contributed by atoms with Gasteiger partial charge in [0.15, 0.2) is 0 Å². The molecule has 0 aliphatic rings. The molecule has 0 aliphatic carbocycles. The van der Waals surface area contributed by atoms with Crippen LogP contribution in [0.2, 0.25) is 0 Å². The van der Waals surface area contributed by atoms with Gasteiger partial charge < -0.3 is 4.90 Å². The van der Waals surface area contributed by atoms with E-state index in [2.05, 4.69) is 5.10 Å². The maximum Gasteiger partial charge on any atom is 0.222 e.